The fourth-order valence-electron chi connectivity index (χ4n) is 3.10. The number of hydrogen-bond acceptors (Lipinski definition) is 2. The summed E-state index contributed by atoms with van der Waals surface area (Å²) in [4.78, 5) is 25.0. The Hall–Kier alpha value is -3.20. The summed E-state index contributed by atoms with van der Waals surface area (Å²) in [5.74, 6) is -0.238. The Kier molecular flexibility index (Phi) is 3.28. The van der Waals surface area contributed by atoms with Crippen molar-refractivity contribution < 1.29 is 9.59 Å². The SMILES string of the molecule is Cc1cccc(NC(=O)c2ccc3c(c2)C(=O)c2ccccc2-3)c1. The molecule has 3 aromatic rings. The van der Waals surface area contributed by atoms with Crippen LogP contribution in [0.3, 0.4) is 0 Å². The van der Waals surface area contributed by atoms with Gasteiger partial charge < -0.3 is 5.32 Å². The highest BCUT2D eigenvalue weighted by atomic mass is 16.1. The minimum atomic E-state index is -0.216. The molecule has 0 bridgehead atoms. The number of amides is 1. The van der Waals surface area contributed by atoms with Crippen LogP contribution in [-0.2, 0) is 0 Å². The smallest absolute Gasteiger partial charge is 0.255 e. The largest absolute Gasteiger partial charge is 0.322 e. The molecule has 24 heavy (non-hydrogen) atoms. The Morgan fingerprint density at radius 1 is 0.792 bits per heavy atom. The molecule has 3 aromatic carbocycles. The zero-order chi connectivity index (χ0) is 16.7. The zero-order valence-corrected chi connectivity index (χ0v) is 13.2. The first-order chi connectivity index (χ1) is 11.6. The lowest BCUT2D eigenvalue weighted by Gasteiger charge is -2.07. The molecule has 0 aromatic heterocycles. The highest BCUT2D eigenvalue weighted by Crippen LogP contribution is 2.36. The Morgan fingerprint density at radius 3 is 2.33 bits per heavy atom. The number of carbonyl (C=O) groups is 2. The van der Waals surface area contributed by atoms with Gasteiger partial charge in [-0.25, -0.2) is 0 Å². The number of rotatable bonds is 2. The van der Waals surface area contributed by atoms with Crippen molar-refractivity contribution in [1.29, 1.82) is 0 Å². The van der Waals surface area contributed by atoms with Crippen LogP contribution >= 0.6 is 0 Å². The summed E-state index contributed by atoms with van der Waals surface area (Å²) in [7, 11) is 0. The van der Waals surface area contributed by atoms with E-state index in [9.17, 15) is 9.59 Å². The van der Waals surface area contributed by atoms with Crippen LogP contribution in [0.15, 0.2) is 66.7 Å². The average Bonchev–Trinajstić information content (AvgIpc) is 2.88. The monoisotopic (exact) mass is 313 g/mol. The predicted molar refractivity (Wildman–Crippen MR) is 94.4 cm³/mol. The van der Waals surface area contributed by atoms with E-state index in [-0.39, 0.29) is 11.7 Å². The normalized spacial score (nSPS) is 11.8. The van der Waals surface area contributed by atoms with Gasteiger partial charge in [-0.05, 0) is 47.9 Å². The van der Waals surface area contributed by atoms with Gasteiger partial charge in [0.25, 0.3) is 5.91 Å². The van der Waals surface area contributed by atoms with Gasteiger partial charge >= 0.3 is 0 Å². The maximum absolute atomic E-state index is 12.5. The molecular formula is C21H15NO2. The number of hydrogen-bond donors (Lipinski definition) is 1. The van der Waals surface area contributed by atoms with E-state index >= 15 is 0 Å². The second-order valence-corrected chi connectivity index (χ2v) is 5.96. The van der Waals surface area contributed by atoms with Crippen molar-refractivity contribution in [1.82, 2.24) is 0 Å². The van der Waals surface area contributed by atoms with Crippen molar-refractivity contribution in [3.8, 4) is 11.1 Å². The molecule has 0 radical (unpaired) electrons. The van der Waals surface area contributed by atoms with Crippen molar-refractivity contribution in [2.75, 3.05) is 5.32 Å². The average molecular weight is 313 g/mol. The number of carbonyl (C=O) groups excluding carboxylic acids is 2. The Bertz CT molecular complexity index is 989. The minimum Gasteiger partial charge on any atom is -0.322 e. The molecule has 0 atom stereocenters. The van der Waals surface area contributed by atoms with Gasteiger partial charge in [-0.2, -0.15) is 0 Å². The summed E-state index contributed by atoms with van der Waals surface area (Å²) in [6.45, 7) is 1.97. The van der Waals surface area contributed by atoms with E-state index in [4.69, 9.17) is 0 Å². The second kappa shape index (κ2) is 5.46. The van der Waals surface area contributed by atoms with E-state index < -0.39 is 0 Å². The first-order valence-electron chi connectivity index (χ1n) is 7.79. The third-order valence-corrected chi connectivity index (χ3v) is 4.26. The molecule has 1 aliphatic rings. The molecule has 0 aliphatic heterocycles. The van der Waals surface area contributed by atoms with E-state index in [1.807, 2.05) is 61.5 Å². The molecule has 1 aliphatic carbocycles. The predicted octanol–water partition coefficient (Wildman–Crippen LogP) is 4.46. The summed E-state index contributed by atoms with van der Waals surface area (Å²) in [6, 6.07) is 20.5. The topological polar surface area (TPSA) is 46.2 Å². The van der Waals surface area contributed by atoms with Gasteiger partial charge in [0.05, 0.1) is 0 Å². The van der Waals surface area contributed by atoms with Crippen molar-refractivity contribution in [2.24, 2.45) is 0 Å². The van der Waals surface area contributed by atoms with E-state index in [0.717, 1.165) is 22.4 Å². The summed E-state index contributed by atoms with van der Waals surface area (Å²) < 4.78 is 0. The maximum atomic E-state index is 12.5. The number of ketones is 1. The molecule has 3 heteroatoms. The fourth-order valence-corrected chi connectivity index (χ4v) is 3.10. The first kappa shape index (κ1) is 14.4. The van der Waals surface area contributed by atoms with Gasteiger partial charge in [-0.1, -0.05) is 42.5 Å². The van der Waals surface area contributed by atoms with E-state index in [1.165, 1.54) is 0 Å². The molecular weight excluding hydrogens is 298 g/mol. The summed E-state index contributed by atoms with van der Waals surface area (Å²) >= 11 is 0. The van der Waals surface area contributed by atoms with Crippen molar-refractivity contribution in [3.05, 3.63) is 89.0 Å². The van der Waals surface area contributed by atoms with Crippen LogP contribution in [0.5, 0.6) is 0 Å². The molecule has 1 amide bonds. The van der Waals surface area contributed by atoms with E-state index in [2.05, 4.69) is 5.32 Å². The lowest BCUT2D eigenvalue weighted by atomic mass is 10.0. The van der Waals surface area contributed by atoms with Gasteiger partial charge in [0.1, 0.15) is 0 Å². The molecule has 116 valence electrons. The highest BCUT2D eigenvalue weighted by molar-refractivity contribution is 6.22. The van der Waals surface area contributed by atoms with Crippen LogP contribution in [0.1, 0.15) is 31.8 Å². The minimum absolute atomic E-state index is 0.0224. The third kappa shape index (κ3) is 2.31. The lowest BCUT2D eigenvalue weighted by molar-refractivity contribution is 0.102. The van der Waals surface area contributed by atoms with Crippen LogP contribution in [0.2, 0.25) is 0 Å². The second-order valence-electron chi connectivity index (χ2n) is 5.96. The van der Waals surface area contributed by atoms with E-state index in [0.29, 0.717) is 16.7 Å². The molecule has 0 saturated heterocycles. The first-order valence-corrected chi connectivity index (χ1v) is 7.79. The van der Waals surface area contributed by atoms with E-state index in [1.54, 1.807) is 12.1 Å². The van der Waals surface area contributed by atoms with Crippen LogP contribution in [0.4, 0.5) is 5.69 Å². The van der Waals surface area contributed by atoms with Gasteiger partial charge in [0.2, 0.25) is 0 Å². The Morgan fingerprint density at radius 2 is 1.54 bits per heavy atom. The molecule has 0 unspecified atom stereocenters. The molecule has 4 rings (SSSR count). The van der Waals surface area contributed by atoms with Crippen LogP contribution < -0.4 is 5.32 Å². The summed E-state index contributed by atoms with van der Waals surface area (Å²) in [5.41, 5.74) is 5.42. The Labute approximate surface area is 140 Å². The van der Waals surface area contributed by atoms with Crippen molar-refractivity contribution in [2.45, 2.75) is 6.92 Å². The van der Waals surface area contributed by atoms with Crippen LogP contribution in [0, 0.1) is 6.92 Å². The zero-order valence-electron chi connectivity index (χ0n) is 13.2. The van der Waals surface area contributed by atoms with Gasteiger partial charge in [-0.3, -0.25) is 9.59 Å². The molecule has 0 spiro atoms. The number of benzene rings is 3. The lowest BCUT2D eigenvalue weighted by Crippen LogP contribution is -2.12. The standard InChI is InChI=1S/C21H15NO2/c1-13-5-4-6-15(11-13)22-21(24)14-9-10-17-16-7-2-3-8-18(16)20(23)19(17)12-14/h2-12H,1H3,(H,22,24). The molecule has 3 nitrogen and oxygen atoms in total. The summed E-state index contributed by atoms with van der Waals surface area (Å²) in [6.07, 6.45) is 0. The summed E-state index contributed by atoms with van der Waals surface area (Å²) in [5, 5.41) is 2.88. The van der Waals surface area contributed by atoms with Gasteiger partial charge in [0, 0.05) is 22.4 Å². The molecule has 0 saturated carbocycles. The number of anilines is 1. The fraction of sp³-hybridized carbons (Fsp3) is 0.0476. The molecule has 1 N–H and O–H groups in total. The maximum Gasteiger partial charge on any atom is 0.255 e. The van der Waals surface area contributed by atoms with Crippen molar-refractivity contribution >= 4 is 17.4 Å². The quantitative estimate of drug-likeness (QED) is 0.594. The van der Waals surface area contributed by atoms with Crippen LogP contribution in [-0.4, -0.2) is 11.7 Å². The number of fused-ring (bicyclic) bond motifs is 3. The number of aryl methyl sites for hydroxylation is 1. The number of nitrogens with one attached hydrogen (secondary N) is 1. The van der Waals surface area contributed by atoms with Crippen LogP contribution in [0.25, 0.3) is 11.1 Å². The molecule has 0 fully saturated rings. The Balaban J connectivity index is 1.67. The highest BCUT2D eigenvalue weighted by Gasteiger charge is 2.26. The van der Waals surface area contributed by atoms with Crippen molar-refractivity contribution in [3.63, 3.8) is 0 Å². The van der Waals surface area contributed by atoms with Gasteiger partial charge in [0.15, 0.2) is 5.78 Å². The van der Waals surface area contributed by atoms with Gasteiger partial charge in [-0.15, -0.1) is 0 Å². The third-order valence-electron chi connectivity index (χ3n) is 4.26. The molecule has 0 heterocycles.